The average Bonchev–Trinajstić information content (AvgIpc) is 2.73. The summed E-state index contributed by atoms with van der Waals surface area (Å²) in [6.07, 6.45) is 3.07. The molecule has 2 aromatic rings. The molecule has 0 bridgehead atoms. The van der Waals surface area contributed by atoms with E-state index in [0.717, 1.165) is 16.5 Å². The number of anilines is 1. The lowest BCUT2D eigenvalue weighted by atomic mass is 10.2. The Labute approximate surface area is 141 Å². The van der Waals surface area contributed by atoms with Gasteiger partial charge in [0.15, 0.2) is 5.82 Å². The lowest BCUT2D eigenvalue weighted by Crippen LogP contribution is -2.12. The molecule has 1 aromatic heterocycles. The minimum atomic E-state index is -0.0482. The fraction of sp³-hybridized carbons (Fsp3) is 0.286. The zero-order valence-corrected chi connectivity index (χ0v) is 14.5. The van der Waals surface area contributed by atoms with E-state index in [1.807, 2.05) is 13.0 Å². The van der Waals surface area contributed by atoms with Crippen LogP contribution in [0.4, 0.5) is 5.82 Å². The minimum absolute atomic E-state index is 0.0482. The summed E-state index contributed by atoms with van der Waals surface area (Å²) in [7, 11) is 0. The van der Waals surface area contributed by atoms with Gasteiger partial charge in [0.25, 0.3) is 0 Å². The van der Waals surface area contributed by atoms with E-state index in [-0.39, 0.29) is 5.91 Å². The van der Waals surface area contributed by atoms with Crippen LogP contribution in [0.25, 0.3) is 0 Å². The average molecular weight is 391 g/mol. The fourth-order valence-corrected chi connectivity index (χ4v) is 2.69. The van der Waals surface area contributed by atoms with Gasteiger partial charge in [0.1, 0.15) is 0 Å². The number of carbonyl (C=O) groups is 1. The van der Waals surface area contributed by atoms with E-state index in [0.29, 0.717) is 28.8 Å². The van der Waals surface area contributed by atoms with E-state index >= 15 is 0 Å². The number of rotatable bonds is 5. The van der Waals surface area contributed by atoms with Crippen molar-refractivity contribution in [1.82, 2.24) is 9.78 Å². The summed E-state index contributed by atoms with van der Waals surface area (Å²) in [5.41, 5.74) is 0.905. The number of hydrogen-bond acceptors (Lipinski definition) is 2. The first-order chi connectivity index (χ1) is 9.99. The lowest BCUT2D eigenvalue weighted by molar-refractivity contribution is -0.116. The van der Waals surface area contributed by atoms with Gasteiger partial charge in [0.05, 0.1) is 11.0 Å². The van der Waals surface area contributed by atoms with Gasteiger partial charge in [-0.1, -0.05) is 36.2 Å². The predicted octanol–water partition coefficient (Wildman–Crippen LogP) is 4.74. The van der Waals surface area contributed by atoms with Crippen molar-refractivity contribution in [3.05, 3.63) is 44.5 Å². The number of benzene rings is 1. The molecule has 112 valence electrons. The molecule has 2 rings (SSSR count). The molecule has 4 nitrogen and oxygen atoms in total. The highest BCUT2D eigenvalue weighted by Crippen LogP contribution is 2.24. The third kappa shape index (κ3) is 4.46. The number of aromatic nitrogens is 2. The van der Waals surface area contributed by atoms with Crippen LogP contribution in [-0.4, -0.2) is 15.7 Å². The van der Waals surface area contributed by atoms with E-state index in [4.69, 9.17) is 23.2 Å². The first kappa shape index (κ1) is 16.3. The quantitative estimate of drug-likeness (QED) is 0.801. The third-order valence-electron chi connectivity index (χ3n) is 2.80. The summed E-state index contributed by atoms with van der Waals surface area (Å²) in [6, 6.07) is 5.34. The van der Waals surface area contributed by atoms with Crippen molar-refractivity contribution in [3.8, 4) is 0 Å². The monoisotopic (exact) mass is 389 g/mol. The molecule has 0 spiro atoms. The van der Waals surface area contributed by atoms with Crippen molar-refractivity contribution in [3.63, 3.8) is 0 Å². The summed E-state index contributed by atoms with van der Waals surface area (Å²) in [6.45, 7) is 2.45. The highest BCUT2D eigenvalue weighted by molar-refractivity contribution is 9.10. The summed E-state index contributed by atoms with van der Waals surface area (Å²) in [4.78, 5) is 11.6. The van der Waals surface area contributed by atoms with Gasteiger partial charge in [0, 0.05) is 22.7 Å². The Morgan fingerprint density at radius 1 is 1.43 bits per heavy atom. The standard InChI is InChI=1S/C14H14BrCl2N3O/c1-2-3-13(21)18-14-11(15)8-20(19-14)7-9-4-5-10(16)6-12(9)17/h4-6,8H,2-3,7H2,1H3,(H,18,19,21). The molecule has 0 aliphatic carbocycles. The zero-order chi connectivity index (χ0) is 15.4. The van der Waals surface area contributed by atoms with Gasteiger partial charge in [0.2, 0.25) is 5.91 Å². The molecule has 0 atom stereocenters. The molecule has 1 aromatic carbocycles. The van der Waals surface area contributed by atoms with Gasteiger partial charge in [-0.2, -0.15) is 5.10 Å². The fourth-order valence-electron chi connectivity index (χ4n) is 1.81. The van der Waals surface area contributed by atoms with Crippen LogP contribution in [0, 0.1) is 0 Å². The number of hydrogen-bond donors (Lipinski definition) is 1. The lowest BCUT2D eigenvalue weighted by Gasteiger charge is -2.05. The van der Waals surface area contributed by atoms with E-state index in [9.17, 15) is 4.79 Å². The van der Waals surface area contributed by atoms with Crippen LogP contribution in [0.1, 0.15) is 25.3 Å². The van der Waals surface area contributed by atoms with Crippen LogP contribution in [0.3, 0.4) is 0 Å². The van der Waals surface area contributed by atoms with Crippen LogP contribution in [0.15, 0.2) is 28.9 Å². The second-order valence-corrected chi connectivity index (χ2v) is 6.26. The molecule has 0 aliphatic rings. The Morgan fingerprint density at radius 3 is 2.86 bits per heavy atom. The number of halogens is 3. The number of amides is 1. The van der Waals surface area contributed by atoms with Crippen LogP contribution in [0.5, 0.6) is 0 Å². The van der Waals surface area contributed by atoms with E-state index in [1.54, 1.807) is 23.0 Å². The maximum atomic E-state index is 11.6. The predicted molar refractivity (Wildman–Crippen MR) is 89.0 cm³/mol. The maximum absolute atomic E-state index is 11.6. The van der Waals surface area contributed by atoms with Crippen molar-refractivity contribution in [2.45, 2.75) is 26.3 Å². The van der Waals surface area contributed by atoms with Crippen LogP contribution >= 0.6 is 39.1 Å². The maximum Gasteiger partial charge on any atom is 0.225 e. The van der Waals surface area contributed by atoms with E-state index in [2.05, 4.69) is 26.3 Å². The largest absolute Gasteiger partial charge is 0.308 e. The minimum Gasteiger partial charge on any atom is -0.308 e. The van der Waals surface area contributed by atoms with Crippen molar-refractivity contribution in [1.29, 1.82) is 0 Å². The topological polar surface area (TPSA) is 46.9 Å². The van der Waals surface area contributed by atoms with Gasteiger partial charge in [-0.25, -0.2) is 0 Å². The van der Waals surface area contributed by atoms with Gasteiger partial charge >= 0.3 is 0 Å². The molecule has 21 heavy (non-hydrogen) atoms. The number of nitrogens with zero attached hydrogens (tertiary/aromatic N) is 2. The van der Waals surface area contributed by atoms with Crippen molar-refractivity contribution >= 4 is 50.9 Å². The van der Waals surface area contributed by atoms with Crippen molar-refractivity contribution in [2.24, 2.45) is 0 Å². The van der Waals surface area contributed by atoms with Crippen molar-refractivity contribution < 1.29 is 4.79 Å². The molecule has 0 saturated heterocycles. The SMILES string of the molecule is CCCC(=O)Nc1nn(Cc2ccc(Cl)cc2Cl)cc1Br. The molecule has 1 N–H and O–H groups in total. The Kier molecular flexibility index (Phi) is 5.67. The van der Waals surface area contributed by atoms with E-state index < -0.39 is 0 Å². The molecule has 7 heteroatoms. The highest BCUT2D eigenvalue weighted by atomic mass is 79.9. The molecule has 0 unspecified atom stereocenters. The Balaban J connectivity index is 2.13. The molecule has 0 saturated carbocycles. The number of carbonyl (C=O) groups excluding carboxylic acids is 1. The first-order valence-electron chi connectivity index (χ1n) is 6.46. The third-order valence-corrected chi connectivity index (χ3v) is 3.97. The normalized spacial score (nSPS) is 10.7. The molecule has 0 fully saturated rings. The summed E-state index contributed by atoms with van der Waals surface area (Å²) < 4.78 is 2.44. The second kappa shape index (κ2) is 7.29. The van der Waals surface area contributed by atoms with Crippen molar-refractivity contribution in [2.75, 3.05) is 5.32 Å². The van der Waals surface area contributed by atoms with Gasteiger partial charge in [-0.05, 0) is 40.0 Å². The summed E-state index contributed by atoms with van der Waals surface area (Å²) in [5, 5.41) is 8.29. The molecule has 1 heterocycles. The van der Waals surface area contributed by atoms with E-state index in [1.165, 1.54) is 0 Å². The van der Waals surface area contributed by atoms with Crippen LogP contribution < -0.4 is 5.32 Å². The zero-order valence-electron chi connectivity index (χ0n) is 11.4. The van der Waals surface area contributed by atoms with Gasteiger partial charge in [-0.3, -0.25) is 9.48 Å². The van der Waals surface area contributed by atoms with Crippen LogP contribution in [-0.2, 0) is 11.3 Å². The Morgan fingerprint density at radius 2 is 2.19 bits per heavy atom. The van der Waals surface area contributed by atoms with Gasteiger partial charge < -0.3 is 5.32 Å². The highest BCUT2D eigenvalue weighted by Gasteiger charge is 2.11. The second-order valence-electron chi connectivity index (χ2n) is 4.56. The molecule has 1 amide bonds. The molecular formula is C14H14BrCl2N3O. The molecule has 0 aliphatic heterocycles. The molecular weight excluding hydrogens is 377 g/mol. The smallest absolute Gasteiger partial charge is 0.225 e. The summed E-state index contributed by atoms with van der Waals surface area (Å²) >= 11 is 15.4. The molecule has 0 radical (unpaired) electrons. The van der Waals surface area contributed by atoms with Gasteiger partial charge in [-0.15, -0.1) is 0 Å². The Bertz CT molecular complexity index is 658. The summed E-state index contributed by atoms with van der Waals surface area (Å²) in [5.74, 6) is 0.464. The number of nitrogens with one attached hydrogen (secondary N) is 1. The first-order valence-corrected chi connectivity index (χ1v) is 8.01. The van der Waals surface area contributed by atoms with Crippen LogP contribution in [0.2, 0.25) is 10.0 Å². The Hall–Kier alpha value is -1.04.